The number of methoxy groups -OCH3 is 1. The number of hydrogen-bond donors (Lipinski definition) is 1. The van der Waals surface area contributed by atoms with Crippen LogP contribution in [0.5, 0.6) is 0 Å². The minimum atomic E-state index is -0.680. The van der Waals surface area contributed by atoms with E-state index < -0.39 is 5.60 Å². The fraction of sp³-hybridized carbons (Fsp3) is 0.538. The van der Waals surface area contributed by atoms with Gasteiger partial charge in [0, 0.05) is 13.5 Å². The predicted molar refractivity (Wildman–Crippen MR) is 59.6 cm³/mol. The second-order valence-electron chi connectivity index (χ2n) is 4.35. The summed E-state index contributed by atoms with van der Waals surface area (Å²) < 4.78 is 5.35. The molecule has 15 heavy (non-hydrogen) atoms. The molecule has 0 radical (unpaired) electrons. The van der Waals surface area contributed by atoms with Gasteiger partial charge in [-0.15, -0.1) is 0 Å². The van der Waals surface area contributed by atoms with Gasteiger partial charge < -0.3 is 9.84 Å². The van der Waals surface area contributed by atoms with Crippen LogP contribution in [0.25, 0.3) is 0 Å². The average molecular weight is 206 g/mol. The Morgan fingerprint density at radius 3 is 2.73 bits per heavy atom. The first-order valence-corrected chi connectivity index (χ1v) is 5.55. The fourth-order valence-electron chi connectivity index (χ4n) is 2.41. The van der Waals surface area contributed by atoms with E-state index in [4.69, 9.17) is 4.74 Å². The number of benzene rings is 1. The van der Waals surface area contributed by atoms with E-state index >= 15 is 0 Å². The molecule has 1 N–H and O–H groups in total. The summed E-state index contributed by atoms with van der Waals surface area (Å²) in [4.78, 5) is 0. The molecule has 1 aliphatic carbocycles. The van der Waals surface area contributed by atoms with Crippen LogP contribution in [0.2, 0.25) is 0 Å². The van der Waals surface area contributed by atoms with Crippen LogP contribution >= 0.6 is 0 Å². The van der Waals surface area contributed by atoms with Crippen molar-refractivity contribution in [3.05, 3.63) is 35.9 Å². The highest BCUT2D eigenvalue weighted by Gasteiger charge is 2.35. The monoisotopic (exact) mass is 206 g/mol. The number of aliphatic hydroxyl groups is 1. The van der Waals surface area contributed by atoms with Crippen molar-refractivity contribution in [1.82, 2.24) is 0 Å². The van der Waals surface area contributed by atoms with Crippen LogP contribution in [-0.4, -0.2) is 18.3 Å². The lowest BCUT2D eigenvalue weighted by molar-refractivity contribution is -0.0631. The normalized spacial score (nSPS) is 31.5. The fourth-order valence-corrected chi connectivity index (χ4v) is 2.41. The van der Waals surface area contributed by atoms with Crippen LogP contribution in [0.4, 0.5) is 0 Å². The van der Waals surface area contributed by atoms with Crippen molar-refractivity contribution in [2.75, 3.05) is 7.11 Å². The highest BCUT2D eigenvalue weighted by molar-refractivity contribution is 5.23. The van der Waals surface area contributed by atoms with E-state index in [0.29, 0.717) is 6.42 Å². The third kappa shape index (κ3) is 2.21. The Hall–Kier alpha value is -0.860. The van der Waals surface area contributed by atoms with Crippen LogP contribution in [0, 0.1) is 0 Å². The Balaban J connectivity index is 2.19. The molecule has 0 amide bonds. The van der Waals surface area contributed by atoms with Gasteiger partial charge in [-0.2, -0.15) is 0 Å². The molecule has 2 unspecified atom stereocenters. The molecular weight excluding hydrogens is 188 g/mol. The lowest BCUT2D eigenvalue weighted by Gasteiger charge is -2.36. The Labute approximate surface area is 90.9 Å². The Kier molecular flexibility index (Phi) is 3.08. The van der Waals surface area contributed by atoms with Crippen molar-refractivity contribution < 1.29 is 9.84 Å². The van der Waals surface area contributed by atoms with Gasteiger partial charge in [-0.3, -0.25) is 0 Å². The second kappa shape index (κ2) is 4.33. The number of rotatable bonds is 2. The first kappa shape index (κ1) is 10.7. The van der Waals surface area contributed by atoms with E-state index in [2.05, 4.69) is 0 Å². The summed E-state index contributed by atoms with van der Waals surface area (Å²) in [5.74, 6) is 0. The third-order valence-electron chi connectivity index (χ3n) is 3.33. The molecule has 1 aliphatic rings. The van der Waals surface area contributed by atoms with Crippen LogP contribution in [0.1, 0.15) is 31.2 Å². The van der Waals surface area contributed by atoms with E-state index in [-0.39, 0.29) is 6.10 Å². The molecule has 0 bridgehead atoms. The van der Waals surface area contributed by atoms with Crippen molar-refractivity contribution >= 4 is 0 Å². The van der Waals surface area contributed by atoms with E-state index in [1.165, 1.54) is 0 Å². The zero-order valence-electron chi connectivity index (χ0n) is 9.15. The molecule has 2 rings (SSSR count). The summed E-state index contributed by atoms with van der Waals surface area (Å²) in [5, 5.41) is 10.6. The summed E-state index contributed by atoms with van der Waals surface area (Å²) in [6.45, 7) is 0. The van der Waals surface area contributed by atoms with Crippen molar-refractivity contribution in [2.24, 2.45) is 0 Å². The summed E-state index contributed by atoms with van der Waals surface area (Å²) in [6, 6.07) is 9.92. The van der Waals surface area contributed by atoms with E-state index in [9.17, 15) is 5.11 Å². The van der Waals surface area contributed by atoms with Crippen molar-refractivity contribution in [3.63, 3.8) is 0 Å². The summed E-state index contributed by atoms with van der Waals surface area (Å²) >= 11 is 0. The first-order valence-electron chi connectivity index (χ1n) is 5.55. The lowest BCUT2D eigenvalue weighted by Crippen LogP contribution is -2.35. The molecule has 1 fully saturated rings. The smallest absolute Gasteiger partial charge is 0.0921 e. The predicted octanol–water partition coefficient (Wildman–Crippen LogP) is 2.46. The standard InChI is InChI=1S/C13H18O2/c1-15-12-8-5-9-13(14,10-12)11-6-3-2-4-7-11/h2-4,6-7,12,14H,5,8-10H2,1H3. The molecule has 0 spiro atoms. The minimum absolute atomic E-state index is 0.198. The van der Waals surface area contributed by atoms with Crippen molar-refractivity contribution in [2.45, 2.75) is 37.4 Å². The molecule has 82 valence electrons. The molecular formula is C13H18O2. The highest BCUT2D eigenvalue weighted by Crippen LogP contribution is 2.37. The molecule has 2 atom stereocenters. The van der Waals surface area contributed by atoms with Gasteiger partial charge in [0.05, 0.1) is 11.7 Å². The van der Waals surface area contributed by atoms with Gasteiger partial charge in [-0.05, 0) is 24.8 Å². The Morgan fingerprint density at radius 2 is 2.07 bits per heavy atom. The van der Waals surface area contributed by atoms with Crippen molar-refractivity contribution in [3.8, 4) is 0 Å². The van der Waals surface area contributed by atoms with Crippen LogP contribution in [0.15, 0.2) is 30.3 Å². The topological polar surface area (TPSA) is 29.5 Å². The van der Waals surface area contributed by atoms with Crippen LogP contribution in [0.3, 0.4) is 0 Å². The van der Waals surface area contributed by atoms with Gasteiger partial charge in [0.15, 0.2) is 0 Å². The van der Waals surface area contributed by atoms with Gasteiger partial charge >= 0.3 is 0 Å². The zero-order chi connectivity index (χ0) is 10.7. The van der Waals surface area contributed by atoms with Crippen molar-refractivity contribution in [1.29, 1.82) is 0 Å². The number of ether oxygens (including phenoxy) is 1. The van der Waals surface area contributed by atoms with Crippen LogP contribution in [-0.2, 0) is 10.3 Å². The second-order valence-corrected chi connectivity index (χ2v) is 4.35. The maximum Gasteiger partial charge on any atom is 0.0921 e. The first-order chi connectivity index (χ1) is 7.24. The number of hydrogen-bond acceptors (Lipinski definition) is 2. The molecule has 0 aromatic heterocycles. The molecule has 1 aromatic rings. The van der Waals surface area contributed by atoms with Gasteiger partial charge in [-0.25, -0.2) is 0 Å². The summed E-state index contributed by atoms with van der Waals surface area (Å²) in [6.07, 6.45) is 3.85. The lowest BCUT2D eigenvalue weighted by atomic mass is 9.78. The largest absolute Gasteiger partial charge is 0.385 e. The SMILES string of the molecule is COC1CCCC(O)(c2ccccc2)C1. The third-order valence-corrected chi connectivity index (χ3v) is 3.33. The quantitative estimate of drug-likeness (QED) is 0.805. The minimum Gasteiger partial charge on any atom is -0.385 e. The van der Waals surface area contributed by atoms with Gasteiger partial charge in [0.2, 0.25) is 0 Å². The van der Waals surface area contributed by atoms with Crippen LogP contribution < -0.4 is 0 Å². The van der Waals surface area contributed by atoms with Gasteiger partial charge in [-0.1, -0.05) is 30.3 Å². The molecule has 0 aliphatic heterocycles. The van der Waals surface area contributed by atoms with Gasteiger partial charge in [0.1, 0.15) is 0 Å². The molecule has 1 aromatic carbocycles. The summed E-state index contributed by atoms with van der Waals surface area (Å²) in [7, 11) is 1.72. The zero-order valence-corrected chi connectivity index (χ0v) is 9.15. The van der Waals surface area contributed by atoms with E-state index in [1.54, 1.807) is 7.11 Å². The average Bonchev–Trinajstić information content (AvgIpc) is 2.30. The Morgan fingerprint density at radius 1 is 1.33 bits per heavy atom. The Bertz CT molecular complexity index is 310. The molecule has 2 heteroatoms. The van der Waals surface area contributed by atoms with E-state index in [0.717, 1.165) is 24.8 Å². The highest BCUT2D eigenvalue weighted by atomic mass is 16.5. The summed E-state index contributed by atoms with van der Waals surface area (Å²) in [5.41, 5.74) is 0.340. The van der Waals surface area contributed by atoms with Gasteiger partial charge in [0.25, 0.3) is 0 Å². The maximum atomic E-state index is 10.6. The molecule has 0 saturated heterocycles. The van der Waals surface area contributed by atoms with E-state index in [1.807, 2.05) is 30.3 Å². The molecule has 1 saturated carbocycles. The molecule has 0 heterocycles. The molecule has 2 nitrogen and oxygen atoms in total. The maximum absolute atomic E-state index is 10.6.